The van der Waals surface area contributed by atoms with Crippen molar-refractivity contribution >= 4 is 57.9 Å². The molecule has 0 radical (unpaired) electrons. The molecule has 0 aliphatic carbocycles. The lowest BCUT2D eigenvalue weighted by atomic mass is 9.92. The zero-order valence-electron chi connectivity index (χ0n) is 26.0. The molecule has 0 saturated carbocycles. The van der Waals surface area contributed by atoms with Crippen molar-refractivity contribution in [2.75, 3.05) is 27.2 Å². The van der Waals surface area contributed by atoms with Crippen molar-refractivity contribution in [1.29, 1.82) is 0 Å². The minimum atomic E-state index is -0.551. The third-order valence-electron chi connectivity index (χ3n) is 8.77. The van der Waals surface area contributed by atoms with E-state index in [9.17, 15) is 14.4 Å². The van der Waals surface area contributed by atoms with E-state index < -0.39 is 6.04 Å². The zero-order chi connectivity index (χ0) is 31.9. The first-order chi connectivity index (χ1) is 20.9. The number of halogens is 2. The number of hydrogen-bond acceptors (Lipinski definition) is 6. The van der Waals surface area contributed by atoms with E-state index >= 15 is 0 Å². The Bertz CT molecular complexity index is 1490. The van der Waals surface area contributed by atoms with Crippen molar-refractivity contribution in [1.82, 2.24) is 19.6 Å². The van der Waals surface area contributed by atoms with Crippen LogP contribution in [0.4, 0.5) is 0 Å². The Morgan fingerprint density at radius 2 is 1.57 bits per heavy atom. The highest BCUT2D eigenvalue weighted by atomic mass is 35.5. The second-order valence-electron chi connectivity index (χ2n) is 12.1. The van der Waals surface area contributed by atoms with E-state index in [1.807, 2.05) is 55.5 Å². The van der Waals surface area contributed by atoms with Crippen LogP contribution in [0.2, 0.25) is 10.0 Å². The second kappa shape index (κ2) is 13.2. The van der Waals surface area contributed by atoms with Crippen LogP contribution in [0.3, 0.4) is 0 Å². The lowest BCUT2D eigenvalue weighted by Crippen LogP contribution is -2.51. The maximum atomic E-state index is 14.4. The Balaban J connectivity index is 1.46. The molecule has 44 heavy (non-hydrogen) atoms. The fourth-order valence-corrected chi connectivity index (χ4v) is 7.75. The first-order valence-electron chi connectivity index (χ1n) is 15.0. The Morgan fingerprint density at radius 3 is 2.14 bits per heavy atom. The van der Waals surface area contributed by atoms with E-state index in [2.05, 4.69) is 18.7 Å². The molecule has 8 nitrogen and oxygen atoms in total. The van der Waals surface area contributed by atoms with Gasteiger partial charge in [-0.2, -0.15) is 0 Å². The van der Waals surface area contributed by atoms with Crippen molar-refractivity contribution in [2.24, 2.45) is 10.9 Å². The van der Waals surface area contributed by atoms with Crippen molar-refractivity contribution in [3.05, 3.63) is 80.3 Å². The molecule has 1 saturated heterocycles. The van der Waals surface area contributed by atoms with Crippen LogP contribution in [-0.4, -0.2) is 81.8 Å². The van der Waals surface area contributed by atoms with Gasteiger partial charge in [-0.3, -0.25) is 19.4 Å². The Labute approximate surface area is 274 Å². The quantitative estimate of drug-likeness (QED) is 0.330. The molecule has 0 unspecified atom stereocenters. The molecule has 0 aromatic heterocycles. The summed E-state index contributed by atoms with van der Waals surface area (Å²) in [5, 5.41) is 2.09. The van der Waals surface area contributed by atoms with Crippen LogP contribution < -0.4 is 0 Å². The maximum absolute atomic E-state index is 14.4. The van der Waals surface area contributed by atoms with Crippen molar-refractivity contribution in [3.63, 3.8) is 0 Å². The summed E-state index contributed by atoms with van der Waals surface area (Å²) in [5.74, 6) is -0.268. The summed E-state index contributed by atoms with van der Waals surface area (Å²) in [6.07, 6.45) is 1.36. The number of nitrogens with zero attached hydrogens (tertiary/aromatic N) is 5. The molecule has 0 bridgehead atoms. The number of allylic oxidation sites excluding steroid dienone is 1. The number of carbonyl (C=O) groups excluding carboxylic acids is 3. The molecule has 3 aliphatic heterocycles. The molecule has 0 N–H and O–H groups in total. The number of amidine groups is 1. The van der Waals surface area contributed by atoms with E-state index in [0.29, 0.717) is 34.5 Å². The Hall–Kier alpha value is -3.01. The molecular formula is C33H39Cl2N5O3S. The van der Waals surface area contributed by atoms with E-state index in [4.69, 9.17) is 28.2 Å². The predicted octanol–water partition coefficient (Wildman–Crippen LogP) is 6.38. The average molecular weight is 657 g/mol. The molecule has 3 heterocycles. The monoisotopic (exact) mass is 655 g/mol. The molecule has 234 valence electrons. The largest absolute Gasteiger partial charge is 0.344 e. The summed E-state index contributed by atoms with van der Waals surface area (Å²) in [5.41, 5.74) is 2.99. The Morgan fingerprint density at radius 1 is 0.977 bits per heavy atom. The third kappa shape index (κ3) is 6.24. The molecule has 1 fully saturated rings. The van der Waals surface area contributed by atoms with Crippen LogP contribution in [-0.2, 0) is 14.4 Å². The SMILES string of the molecule is CC(=O)N(C)C[C@H](C)N(C)C(=O)[C@@H]1CCCN1C(=O)C1=C(C(C)C)N2C(=N[C@@H](c3ccc(Cl)cc3)[C@H]2c2ccc(Cl)cc2)S1. The van der Waals surface area contributed by atoms with Gasteiger partial charge in [0.15, 0.2) is 5.17 Å². The van der Waals surface area contributed by atoms with Crippen LogP contribution in [0, 0.1) is 5.92 Å². The summed E-state index contributed by atoms with van der Waals surface area (Å²) < 4.78 is 0. The van der Waals surface area contributed by atoms with Gasteiger partial charge in [0.1, 0.15) is 17.0 Å². The number of hydrogen-bond donors (Lipinski definition) is 0. The number of benzene rings is 2. The maximum Gasteiger partial charge on any atom is 0.263 e. The number of aliphatic imine (C=N–C) groups is 1. The number of amides is 3. The number of likely N-dealkylation sites (tertiary alicyclic amines) is 1. The first-order valence-corrected chi connectivity index (χ1v) is 16.6. The van der Waals surface area contributed by atoms with Gasteiger partial charge in [-0.1, -0.05) is 61.3 Å². The summed E-state index contributed by atoms with van der Waals surface area (Å²) in [6.45, 7) is 8.55. The zero-order valence-corrected chi connectivity index (χ0v) is 28.3. The van der Waals surface area contributed by atoms with Gasteiger partial charge in [0.05, 0.1) is 6.04 Å². The van der Waals surface area contributed by atoms with Crippen LogP contribution >= 0.6 is 35.0 Å². The summed E-state index contributed by atoms with van der Waals surface area (Å²) >= 11 is 13.9. The lowest BCUT2D eigenvalue weighted by Gasteiger charge is -2.34. The van der Waals surface area contributed by atoms with Crippen LogP contribution in [0.25, 0.3) is 0 Å². The minimum Gasteiger partial charge on any atom is -0.344 e. The van der Waals surface area contributed by atoms with Crippen molar-refractivity contribution in [3.8, 4) is 0 Å². The lowest BCUT2D eigenvalue weighted by molar-refractivity contribution is -0.143. The highest BCUT2D eigenvalue weighted by molar-refractivity contribution is 8.18. The molecule has 3 amide bonds. The fourth-order valence-electron chi connectivity index (χ4n) is 6.19. The van der Waals surface area contributed by atoms with E-state index in [-0.39, 0.29) is 41.8 Å². The molecule has 2 aromatic rings. The standard InChI is InChI=1S/C33H39Cl2N5O3S/c1-19(2)28-30(32(43)39-17-7-8-26(39)31(42)38(6)20(3)18-37(5)21(4)41)44-33-36-27(22-9-13-24(34)14-10-22)29(40(28)33)23-11-15-25(35)16-12-23/h9-16,19-20,26-27,29H,7-8,17-18H2,1-6H3/t20-,26-,27-,29+/m0/s1. The Kier molecular flexibility index (Phi) is 9.68. The minimum absolute atomic E-state index is 0.0227. The molecule has 11 heteroatoms. The van der Waals surface area contributed by atoms with E-state index in [0.717, 1.165) is 28.4 Å². The normalized spacial score (nSPS) is 21.9. The van der Waals surface area contributed by atoms with Gasteiger partial charge in [0.25, 0.3) is 5.91 Å². The van der Waals surface area contributed by atoms with Gasteiger partial charge in [-0.05, 0) is 72.8 Å². The van der Waals surface area contributed by atoms with Crippen LogP contribution in [0.1, 0.15) is 63.7 Å². The van der Waals surface area contributed by atoms with Crippen molar-refractivity contribution < 1.29 is 14.4 Å². The highest BCUT2D eigenvalue weighted by Gasteiger charge is 2.49. The molecule has 3 aliphatic rings. The van der Waals surface area contributed by atoms with E-state index in [1.165, 1.54) is 18.7 Å². The highest BCUT2D eigenvalue weighted by Crippen LogP contribution is 2.53. The topological polar surface area (TPSA) is 76.5 Å². The number of thioether (sulfide) groups is 1. The van der Waals surface area contributed by atoms with E-state index in [1.54, 1.807) is 28.8 Å². The summed E-state index contributed by atoms with van der Waals surface area (Å²) in [7, 11) is 3.48. The average Bonchev–Trinajstić information content (AvgIpc) is 3.71. The second-order valence-corrected chi connectivity index (χ2v) is 14.0. The molecule has 2 aromatic carbocycles. The van der Waals surface area contributed by atoms with Gasteiger partial charge in [0.2, 0.25) is 11.8 Å². The molecular weight excluding hydrogens is 617 g/mol. The van der Waals surface area contributed by atoms with Crippen LogP contribution in [0.5, 0.6) is 0 Å². The van der Waals surface area contributed by atoms with Gasteiger partial charge in [-0.25, -0.2) is 0 Å². The van der Waals surface area contributed by atoms with Gasteiger partial charge < -0.3 is 19.6 Å². The van der Waals surface area contributed by atoms with Crippen LogP contribution in [0.15, 0.2) is 64.1 Å². The summed E-state index contributed by atoms with van der Waals surface area (Å²) in [6, 6.07) is 14.4. The number of rotatable bonds is 8. The predicted molar refractivity (Wildman–Crippen MR) is 177 cm³/mol. The molecule has 4 atom stereocenters. The summed E-state index contributed by atoms with van der Waals surface area (Å²) in [4.78, 5) is 52.9. The number of carbonyl (C=O) groups is 3. The smallest absolute Gasteiger partial charge is 0.263 e. The van der Waals surface area contributed by atoms with Gasteiger partial charge in [0, 0.05) is 55.9 Å². The fraction of sp³-hybridized carbons (Fsp3) is 0.455. The first kappa shape index (κ1) is 32.4. The number of fused-ring (bicyclic) bond motifs is 1. The molecule has 5 rings (SSSR count). The van der Waals surface area contributed by atoms with Crippen molar-refractivity contribution in [2.45, 2.75) is 64.7 Å². The van der Waals surface area contributed by atoms with Gasteiger partial charge >= 0.3 is 0 Å². The van der Waals surface area contributed by atoms with Gasteiger partial charge in [-0.15, -0.1) is 0 Å². The molecule has 0 spiro atoms. The third-order valence-corrected chi connectivity index (χ3v) is 10.3. The number of likely N-dealkylation sites (N-methyl/N-ethyl adjacent to an activating group) is 2.